The predicted octanol–water partition coefficient (Wildman–Crippen LogP) is 1.20. The van der Waals surface area contributed by atoms with Gasteiger partial charge in [0.2, 0.25) is 0 Å². The number of phosphoric acid groups is 1. The predicted molar refractivity (Wildman–Crippen MR) is 111 cm³/mol. The molecule has 0 aromatic carbocycles. The average molecular weight is 439 g/mol. The molecule has 7 N–H and O–H groups in total. The number of hydrogen-bond donors (Lipinski definition) is 4. The van der Waals surface area contributed by atoms with Gasteiger partial charge in [0.15, 0.2) is 5.96 Å². The van der Waals surface area contributed by atoms with Crippen LogP contribution in [0.3, 0.4) is 0 Å². The second-order valence-corrected chi connectivity index (χ2v) is 8.01. The first kappa shape index (κ1) is 30.0. The lowest BCUT2D eigenvalue weighted by Gasteiger charge is -2.28. The molecule has 0 bridgehead atoms. The monoisotopic (exact) mass is 438 g/mol. The van der Waals surface area contributed by atoms with Crippen molar-refractivity contribution in [2.75, 3.05) is 13.2 Å². The SMILES string of the molecule is CCCCCCCCCCCCOP(=O)([O-])[O-].NC(N)=NCCCC(N)C(=O)O. The van der Waals surface area contributed by atoms with Crippen molar-refractivity contribution in [1.29, 1.82) is 0 Å². The molecule has 174 valence electrons. The maximum Gasteiger partial charge on any atom is 0.320 e. The van der Waals surface area contributed by atoms with Crippen LogP contribution in [0, 0.1) is 0 Å². The van der Waals surface area contributed by atoms with Crippen LogP contribution < -0.4 is 27.0 Å². The third-order valence-electron chi connectivity index (χ3n) is 4.03. The standard InChI is InChI=1S/C12H27O4P.C6H14N4O2/c1-2-3-4-5-6-7-8-9-10-11-12-16-17(13,14)15;7-4(5(11)12)2-1-3-10-6(8)9/h2-12H2,1H3,(H2,13,14,15);4H,1-3,7H2,(H,11,12)(H4,8,9,10)/p-2. The van der Waals surface area contributed by atoms with E-state index in [2.05, 4.69) is 16.4 Å². The zero-order chi connectivity index (χ0) is 22.5. The minimum absolute atomic E-state index is 0.0129. The van der Waals surface area contributed by atoms with E-state index in [1.807, 2.05) is 0 Å². The smallest absolute Gasteiger partial charge is 0.320 e. The van der Waals surface area contributed by atoms with Crippen LogP contribution >= 0.6 is 7.82 Å². The zero-order valence-corrected chi connectivity index (χ0v) is 18.5. The van der Waals surface area contributed by atoms with Gasteiger partial charge in [-0.15, -0.1) is 0 Å². The van der Waals surface area contributed by atoms with Crippen LogP contribution in [0.15, 0.2) is 4.99 Å². The van der Waals surface area contributed by atoms with E-state index in [1.165, 1.54) is 44.9 Å². The fraction of sp³-hybridized carbons (Fsp3) is 0.889. The number of unbranched alkanes of at least 4 members (excludes halogenated alkanes) is 9. The van der Waals surface area contributed by atoms with Crippen molar-refractivity contribution >= 4 is 19.8 Å². The summed E-state index contributed by atoms with van der Waals surface area (Å²) >= 11 is 0. The average Bonchev–Trinajstić information content (AvgIpc) is 2.62. The minimum Gasteiger partial charge on any atom is -0.790 e. The van der Waals surface area contributed by atoms with Gasteiger partial charge in [-0.25, -0.2) is 0 Å². The molecule has 0 aromatic heterocycles. The van der Waals surface area contributed by atoms with E-state index in [1.54, 1.807) is 0 Å². The first-order valence-corrected chi connectivity index (χ1v) is 11.8. The Kier molecular flexibility index (Phi) is 20.8. The van der Waals surface area contributed by atoms with Crippen molar-refractivity contribution in [3.63, 3.8) is 0 Å². The van der Waals surface area contributed by atoms with E-state index in [4.69, 9.17) is 22.3 Å². The number of aliphatic imine (C=N–C) groups is 1. The molecule has 11 heteroatoms. The van der Waals surface area contributed by atoms with Crippen molar-refractivity contribution in [3.05, 3.63) is 0 Å². The molecular weight excluding hydrogens is 399 g/mol. The van der Waals surface area contributed by atoms with Crippen LogP contribution in [0.4, 0.5) is 0 Å². The minimum atomic E-state index is -4.74. The van der Waals surface area contributed by atoms with Gasteiger partial charge < -0.3 is 41.2 Å². The Morgan fingerprint density at radius 3 is 1.90 bits per heavy atom. The molecule has 29 heavy (non-hydrogen) atoms. The van der Waals surface area contributed by atoms with Gasteiger partial charge in [-0.05, 0) is 19.3 Å². The maximum absolute atomic E-state index is 10.2. The highest BCUT2D eigenvalue weighted by atomic mass is 31.2. The van der Waals surface area contributed by atoms with Crippen molar-refractivity contribution in [2.45, 2.75) is 90.0 Å². The first-order valence-electron chi connectivity index (χ1n) is 10.3. The summed E-state index contributed by atoms with van der Waals surface area (Å²) < 4.78 is 14.3. The number of phosphoric ester groups is 1. The molecule has 0 aliphatic carbocycles. The van der Waals surface area contributed by atoms with E-state index >= 15 is 0 Å². The van der Waals surface area contributed by atoms with Gasteiger partial charge in [-0.3, -0.25) is 9.79 Å². The van der Waals surface area contributed by atoms with Gasteiger partial charge in [0, 0.05) is 6.54 Å². The van der Waals surface area contributed by atoms with Crippen LogP contribution in [0.2, 0.25) is 0 Å². The molecule has 0 aliphatic rings. The Hall–Kier alpha value is -1.19. The Bertz CT molecular complexity index is 469. The van der Waals surface area contributed by atoms with Gasteiger partial charge in [-0.2, -0.15) is 0 Å². The maximum atomic E-state index is 10.2. The summed E-state index contributed by atoms with van der Waals surface area (Å²) in [5.41, 5.74) is 15.3. The van der Waals surface area contributed by atoms with Gasteiger partial charge in [0.05, 0.1) is 14.4 Å². The quantitative estimate of drug-likeness (QED) is 0.111. The molecule has 0 radical (unpaired) electrons. The van der Waals surface area contributed by atoms with Gasteiger partial charge in [0.1, 0.15) is 6.04 Å². The lowest BCUT2D eigenvalue weighted by atomic mass is 10.1. The van der Waals surface area contributed by atoms with Crippen molar-refractivity contribution in [1.82, 2.24) is 0 Å². The third kappa shape index (κ3) is 29.1. The zero-order valence-electron chi connectivity index (χ0n) is 17.6. The summed E-state index contributed by atoms with van der Waals surface area (Å²) in [6.45, 7) is 2.68. The van der Waals surface area contributed by atoms with Crippen LogP contribution in [0.5, 0.6) is 0 Å². The number of nitrogens with two attached hydrogens (primary N) is 3. The Morgan fingerprint density at radius 1 is 1.00 bits per heavy atom. The van der Waals surface area contributed by atoms with E-state index in [0.29, 0.717) is 25.8 Å². The van der Waals surface area contributed by atoms with Crippen LogP contribution in [-0.4, -0.2) is 36.2 Å². The fourth-order valence-corrected chi connectivity index (χ4v) is 2.76. The Morgan fingerprint density at radius 2 is 1.48 bits per heavy atom. The lowest BCUT2D eigenvalue weighted by molar-refractivity contribution is -0.341. The third-order valence-corrected chi connectivity index (χ3v) is 4.53. The van der Waals surface area contributed by atoms with Crippen molar-refractivity contribution in [2.24, 2.45) is 22.2 Å². The molecule has 0 saturated carbocycles. The summed E-state index contributed by atoms with van der Waals surface area (Å²) in [7, 11) is -4.74. The molecule has 0 aromatic rings. The molecule has 1 unspecified atom stereocenters. The number of guanidine groups is 1. The van der Waals surface area contributed by atoms with E-state index in [-0.39, 0.29) is 12.6 Å². The summed E-state index contributed by atoms with van der Waals surface area (Å²) in [4.78, 5) is 34.2. The van der Waals surface area contributed by atoms with Crippen LogP contribution in [-0.2, 0) is 13.9 Å². The number of carbonyl (C=O) groups is 1. The van der Waals surface area contributed by atoms with Crippen molar-refractivity contribution < 1.29 is 28.8 Å². The number of aliphatic carboxylic acids is 1. The fourth-order valence-electron chi connectivity index (χ4n) is 2.41. The van der Waals surface area contributed by atoms with E-state index < -0.39 is 19.8 Å². The summed E-state index contributed by atoms with van der Waals surface area (Å²) in [5, 5.41) is 8.38. The number of carboxylic acid groups (broad SMARTS) is 1. The topological polar surface area (TPSA) is 200 Å². The Labute approximate surface area is 174 Å². The van der Waals surface area contributed by atoms with Crippen LogP contribution in [0.25, 0.3) is 0 Å². The van der Waals surface area contributed by atoms with Gasteiger partial charge >= 0.3 is 5.97 Å². The number of hydrogen-bond acceptors (Lipinski definition) is 7. The number of nitrogens with zero attached hydrogens (tertiary/aromatic N) is 1. The normalized spacial score (nSPS) is 12.0. The highest BCUT2D eigenvalue weighted by Crippen LogP contribution is 2.24. The molecule has 0 rings (SSSR count). The molecule has 10 nitrogen and oxygen atoms in total. The molecule has 0 spiro atoms. The first-order chi connectivity index (χ1) is 13.6. The molecule has 1 atom stereocenters. The Balaban J connectivity index is 0. The highest BCUT2D eigenvalue weighted by Gasteiger charge is 2.09. The van der Waals surface area contributed by atoms with Gasteiger partial charge in [-0.1, -0.05) is 64.7 Å². The molecule has 0 amide bonds. The molecule has 0 saturated heterocycles. The lowest BCUT2D eigenvalue weighted by Crippen LogP contribution is -2.30. The number of carboxylic acids is 1. The van der Waals surface area contributed by atoms with Gasteiger partial charge in [0.25, 0.3) is 0 Å². The van der Waals surface area contributed by atoms with Crippen molar-refractivity contribution in [3.8, 4) is 0 Å². The summed E-state index contributed by atoms with van der Waals surface area (Å²) in [6.07, 6.45) is 12.7. The number of rotatable bonds is 17. The molecular formula is C18H39N4O6P-2. The summed E-state index contributed by atoms with van der Waals surface area (Å²) in [5.74, 6) is -0.987. The second-order valence-electron chi connectivity index (χ2n) is 6.86. The second kappa shape index (κ2) is 20.1. The molecule has 0 fully saturated rings. The largest absolute Gasteiger partial charge is 0.790 e. The summed E-state index contributed by atoms with van der Waals surface area (Å²) in [6, 6.07) is -0.820. The molecule has 0 heterocycles. The van der Waals surface area contributed by atoms with E-state index in [9.17, 15) is 19.1 Å². The van der Waals surface area contributed by atoms with Crippen LogP contribution in [0.1, 0.15) is 84.0 Å². The molecule has 0 aliphatic heterocycles. The highest BCUT2D eigenvalue weighted by molar-refractivity contribution is 7.43. The van der Waals surface area contributed by atoms with E-state index in [0.717, 1.165) is 12.8 Å².